The lowest BCUT2D eigenvalue weighted by Gasteiger charge is -2.11. The summed E-state index contributed by atoms with van der Waals surface area (Å²) in [4.78, 5) is 16.8. The molecule has 1 fully saturated rings. The minimum Gasteiger partial charge on any atom is -0.491 e. The molecule has 0 amide bonds. The van der Waals surface area contributed by atoms with Crippen molar-refractivity contribution >= 4 is 17.3 Å². The Morgan fingerprint density at radius 2 is 1.96 bits per heavy atom. The van der Waals surface area contributed by atoms with Gasteiger partial charge in [-0.1, -0.05) is 30.3 Å². The highest BCUT2D eigenvalue weighted by Gasteiger charge is 2.16. The Hall–Kier alpha value is -2.70. The van der Waals surface area contributed by atoms with Gasteiger partial charge in [-0.2, -0.15) is 0 Å². The molecule has 3 aromatic rings. The van der Waals surface area contributed by atoms with Crippen LogP contribution in [0, 0.1) is 0 Å². The van der Waals surface area contributed by atoms with E-state index in [0.29, 0.717) is 12.2 Å². The molecule has 1 saturated heterocycles. The van der Waals surface area contributed by atoms with Gasteiger partial charge in [-0.3, -0.25) is 0 Å². The molecular formula is C22H21NO4S. The third-order valence-corrected chi connectivity index (χ3v) is 5.41. The topological polar surface area (TPSA) is 57.7 Å². The average molecular weight is 395 g/mol. The first-order valence-corrected chi connectivity index (χ1v) is 10.2. The summed E-state index contributed by atoms with van der Waals surface area (Å²) >= 11 is 1.54. The lowest BCUT2D eigenvalue weighted by molar-refractivity contribution is 0.0468. The van der Waals surface area contributed by atoms with E-state index >= 15 is 0 Å². The van der Waals surface area contributed by atoms with Crippen molar-refractivity contribution in [3.63, 3.8) is 0 Å². The molecule has 0 aliphatic carbocycles. The number of thiazole rings is 1. The molecule has 1 atom stereocenters. The van der Waals surface area contributed by atoms with Crippen molar-refractivity contribution in [3.8, 4) is 16.3 Å². The summed E-state index contributed by atoms with van der Waals surface area (Å²) in [6.07, 6.45) is 2.29. The van der Waals surface area contributed by atoms with E-state index in [1.54, 1.807) is 24.3 Å². The first kappa shape index (κ1) is 18.7. The normalized spacial score (nSPS) is 16.1. The molecule has 2 heterocycles. The van der Waals surface area contributed by atoms with Gasteiger partial charge < -0.3 is 14.2 Å². The minimum absolute atomic E-state index is 0.152. The number of rotatable bonds is 7. The number of aromatic nitrogens is 1. The van der Waals surface area contributed by atoms with Crippen LogP contribution < -0.4 is 4.74 Å². The first-order valence-electron chi connectivity index (χ1n) is 9.29. The van der Waals surface area contributed by atoms with Gasteiger partial charge in [-0.15, -0.1) is 11.3 Å². The van der Waals surface area contributed by atoms with Gasteiger partial charge in [0.1, 0.15) is 24.0 Å². The fourth-order valence-corrected chi connectivity index (χ4v) is 3.77. The molecule has 5 nitrogen and oxygen atoms in total. The van der Waals surface area contributed by atoms with Crippen LogP contribution in [0.2, 0.25) is 0 Å². The van der Waals surface area contributed by atoms with E-state index in [0.717, 1.165) is 41.5 Å². The first-order chi connectivity index (χ1) is 13.8. The van der Waals surface area contributed by atoms with Crippen LogP contribution in [0.5, 0.6) is 5.75 Å². The highest BCUT2D eigenvalue weighted by atomic mass is 32.1. The summed E-state index contributed by atoms with van der Waals surface area (Å²) in [5, 5.41) is 2.83. The third-order valence-electron chi connectivity index (χ3n) is 4.47. The number of carbonyl (C=O) groups is 1. The number of nitrogens with zero attached hydrogens (tertiary/aromatic N) is 1. The lowest BCUT2D eigenvalue weighted by Crippen LogP contribution is -2.16. The van der Waals surface area contributed by atoms with Gasteiger partial charge in [0.25, 0.3) is 0 Å². The molecule has 6 heteroatoms. The number of carbonyl (C=O) groups excluding carboxylic acids is 1. The van der Waals surface area contributed by atoms with Crippen LogP contribution in [0.15, 0.2) is 60.0 Å². The predicted octanol–water partition coefficient (Wildman–Crippen LogP) is 4.72. The van der Waals surface area contributed by atoms with Gasteiger partial charge in [0.15, 0.2) is 0 Å². The fourth-order valence-electron chi connectivity index (χ4n) is 2.96. The van der Waals surface area contributed by atoms with Crippen molar-refractivity contribution in [3.05, 3.63) is 71.2 Å². The molecule has 0 bridgehead atoms. The zero-order valence-electron chi connectivity index (χ0n) is 15.4. The van der Waals surface area contributed by atoms with Crippen LogP contribution in [-0.2, 0) is 16.1 Å². The molecule has 1 aliphatic heterocycles. The summed E-state index contributed by atoms with van der Waals surface area (Å²) in [5.74, 6) is 0.346. The molecule has 0 radical (unpaired) electrons. The zero-order valence-corrected chi connectivity index (χ0v) is 16.2. The largest absolute Gasteiger partial charge is 0.491 e. The Labute approximate surface area is 167 Å². The van der Waals surface area contributed by atoms with Crippen molar-refractivity contribution in [2.75, 3.05) is 13.2 Å². The van der Waals surface area contributed by atoms with Crippen molar-refractivity contribution < 1.29 is 19.0 Å². The second-order valence-electron chi connectivity index (χ2n) is 6.56. The van der Waals surface area contributed by atoms with Crippen LogP contribution in [0.25, 0.3) is 10.6 Å². The van der Waals surface area contributed by atoms with E-state index in [1.807, 2.05) is 35.7 Å². The maximum absolute atomic E-state index is 12.3. The predicted molar refractivity (Wildman–Crippen MR) is 108 cm³/mol. The average Bonchev–Trinajstić information content (AvgIpc) is 3.44. The van der Waals surface area contributed by atoms with Crippen LogP contribution >= 0.6 is 11.3 Å². The van der Waals surface area contributed by atoms with Gasteiger partial charge in [0.2, 0.25) is 0 Å². The van der Waals surface area contributed by atoms with Crippen molar-refractivity contribution in [1.29, 1.82) is 0 Å². The number of hydrogen-bond donors (Lipinski definition) is 0. The summed E-state index contributed by atoms with van der Waals surface area (Å²) in [5.41, 5.74) is 2.29. The van der Waals surface area contributed by atoms with Crippen molar-refractivity contribution in [1.82, 2.24) is 4.98 Å². The molecule has 28 heavy (non-hydrogen) atoms. The molecule has 0 saturated carbocycles. The van der Waals surface area contributed by atoms with Gasteiger partial charge in [0.05, 0.1) is 17.4 Å². The molecule has 1 unspecified atom stereocenters. The van der Waals surface area contributed by atoms with Crippen molar-refractivity contribution in [2.24, 2.45) is 0 Å². The molecule has 1 aromatic heterocycles. The highest BCUT2D eigenvalue weighted by Crippen LogP contribution is 2.24. The van der Waals surface area contributed by atoms with E-state index in [9.17, 15) is 4.79 Å². The standard InChI is InChI=1S/C22H21NO4S/c24-22(17-8-10-19(11-9-17)26-14-20-7-4-12-25-20)27-13-18-15-28-21(23-18)16-5-2-1-3-6-16/h1-3,5-6,8-11,15,20H,4,7,12-14H2. The number of hydrogen-bond acceptors (Lipinski definition) is 6. The van der Waals surface area contributed by atoms with Crippen molar-refractivity contribution in [2.45, 2.75) is 25.6 Å². The Morgan fingerprint density at radius 3 is 2.71 bits per heavy atom. The van der Waals surface area contributed by atoms with E-state index in [4.69, 9.17) is 14.2 Å². The van der Waals surface area contributed by atoms with Gasteiger partial charge in [0, 0.05) is 17.6 Å². The lowest BCUT2D eigenvalue weighted by atomic mass is 10.2. The molecule has 2 aromatic carbocycles. The summed E-state index contributed by atoms with van der Waals surface area (Å²) < 4.78 is 16.6. The van der Waals surface area contributed by atoms with E-state index in [1.165, 1.54) is 11.3 Å². The molecule has 4 rings (SSSR count). The summed E-state index contributed by atoms with van der Waals surface area (Å²) in [7, 11) is 0. The molecule has 0 N–H and O–H groups in total. The zero-order chi connectivity index (χ0) is 19.2. The van der Waals surface area contributed by atoms with E-state index < -0.39 is 0 Å². The van der Waals surface area contributed by atoms with Crippen LogP contribution in [0.4, 0.5) is 0 Å². The SMILES string of the molecule is O=C(OCc1csc(-c2ccccc2)n1)c1ccc(OCC2CCCO2)cc1. The van der Waals surface area contributed by atoms with Crippen LogP contribution in [0.3, 0.4) is 0 Å². The Balaban J connectivity index is 1.28. The van der Waals surface area contributed by atoms with Gasteiger partial charge in [-0.25, -0.2) is 9.78 Å². The van der Waals surface area contributed by atoms with Gasteiger partial charge in [-0.05, 0) is 37.1 Å². The number of benzene rings is 2. The second-order valence-corrected chi connectivity index (χ2v) is 7.41. The number of ether oxygens (including phenoxy) is 3. The minimum atomic E-state index is -0.375. The monoisotopic (exact) mass is 395 g/mol. The summed E-state index contributed by atoms with van der Waals surface area (Å²) in [6.45, 7) is 1.50. The van der Waals surface area contributed by atoms with Gasteiger partial charge >= 0.3 is 5.97 Å². The fraction of sp³-hybridized carbons (Fsp3) is 0.273. The smallest absolute Gasteiger partial charge is 0.338 e. The molecular weight excluding hydrogens is 374 g/mol. The number of esters is 1. The van der Waals surface area contributed by atoms with E-state index in [2.05, 4.69) is 4.98 Å². The Morgan fingerprint density at radius 1 is 1.14 bits per heavy atom. The maximum atomic E-state index is 12.3. The molecule has 1 aliphatic rings. The highest BCUT2D eigenvalue weighted by molar-refractivity contribution is 7.13. The molecule has 0 spiro atoms. The Bertz CT molecular complexity index is 902. The quantitative estimate of drug-likeness (QED) is 0.542. The second kappa shape index (κ2) is 8.99. The Kier molecular flexibility index (Phi) is 5.99. The molecule has 144 valence electrons. The van der Waals surface area contributed by atoms with Crippen LogP contribution in [-0.4, -0.2) is 30.3 Å². The van der Waals surface area contributed by atoms with E-state index in [-0.39, 0.29) is 18.7 Å². The van der Waals surface area contributed by atoms with Crippen LogP contribution in [0.1, 0.15) is 28.9 Å². The third kappa shape index (κ3) is 4.77. The maximum Gasteiger partial charge on any atom is 0.338 e. The summed E-state index contributed by atoms with van der Waals surface area (Å²) in [6, 6.07) is 16.9.